The summed E-state index contributed by atoms with van der Waals surface area (Å²) < 4.78 is 40.4. The molecule has 0 fully saturated rings. The van der Waals surface area contributed by atoms with Crippen molar-refractivity contribution in [2.24, 2.45) is 0 Å². The number of hydrogen-bond acceptors (Lipinski definition) is 4. The van der Waals surface area contributed by atoms with Gasteiger partial charge in [0.2, 0.25) is 0 Å². The molecule has 0 aromatic heterocycles. The van der Waals surface area contributed by atoms with Gasteiger partial charge in [0.15, 0.2) is 15.6 Å². The minimum atomic E-state index is -4.00. The van der Waals surface area contributed by atoms with Gasteiger partial charge in [-0.15, -0.1) is 0 Å². The highest BCUT2D eigenvalue weighted by molar-refractivity contribution is 7.92. The quantitative estimate of drug-likeness (QED) is 0.552. The van der Waals surface area contributed by atoms with Crippen LogP contribution in [0.25, 0.3) is 0 Å². The molecule has 0 aliphatic carbocycles. The van der Waals surface area contributed by atoms with E-state index in [9.17, 15) is 22.7 Å². The van der Waals surface area contributed by atoms with Crippen molar-refractivity contribution >= 4 is 27.2 Å². The number of aliphatic hydroxyl groups is 1. The Morgan fingerprint density at radius 1 is 1.10 bits per heavy atom. The molecule has 0 bridgehead atoms. The highest BCUT2D eigenvalue weighted by atomic mass is 35.5. The highest BCUT2D eigenvalue weighted by Gasteiger charge is 2.26. The molecular weight excluding hydrogens is 439 g/mol. The summed E-state index contributed by atoms with van der Waals surface area (Å²) in [6.07, 6.45) is -0.170. The van der Waals surface area contributed by atoms with Gasteiger partial charge in [0, 0.05) is 11.4 Å². The van der Waals surface area contributed by atoms with Crippen molar-refractivity contribution in [3.63, 3.8) is 0 Å². The van der Waals surface area contributed by atoms with Crippen molar-refractivity contribution in [3.8, 4) is 0 Å². The molecule has 170 valence electrons. The molecular formula is C24H30ClFO4S. The molecule has 2 aromatic rings. The summed E-state index contributed by atoms with van der Waals surface area (Å²) in [4.78, 5) is 12.7. The topological polar surface area (TPSA) is 71.4 Å². The maximum atomic E-state index is 14.5. The fourth-order valence-electron chi connectivity index (χ4n) is 3.65. The number of carbonyl (C=O) groups is 1. The number of halogens is 2. The van der Waals surface area contributed by atoms with Crippen molar-refractivity contribution < 1.29 is 22.7 Å². The molecule has 4 nitrogen and oxygen atoms in total. The molecule has 7 heteroatoms. The predicted octanol–water partition coefficient (Wildman–Crippen LogP) is 5.54. The summed E-state index contributed by atoms with van der Waals surface area (Å²) in [5, 5.41) is 10.4. The van der Waals surface area contributed by atoms with E-state index in [0.717, 1.165) is 5.56 Å². The van der Waals surface area contributed by atoms with E-state index in [2.05, 4.69) is 0 Å². The van der Waals surface area contributed by atoms with Gasteiger partial charge >= 0.3 is 0 Å². The van der Waals surface area contributed by atoms with Crippen LogP contribution in [0.5, 0.6) is 0 Å². The second-order valence-electron chi connectivity index (χ2n) is 9.05. The lowest BCUT2D eigenvalue weighted by atomic mass is 9.86. The first-order valence-electron chi connectivity index (χ1n) is 10.2. The average Bonchev–Trinajstić information content (AvgIpc) is 2.59. The number of sulfone groups is 1. The van der Waals surface area contributed by atoms with Crippen LogP contribution < -0.4 is 0 Å². The molecule has 2 aromatic carbocycles. The Hall–Kier alpha value is -1.76. The monoisotopic (exact) mass is 468 g/mol. The minimum Gasteiger partial charge on any atom is -0.386 e. The summed E-state index contributed by atoms with van der Waals surface area (Å²) in [6.45, 7) is 10.6. The van der Waals surface area contributed by atoms with Crippen LogP contribution in [0, 0.1) is 5.82 Å². The standard InChI is InChI=1S/C24H30ClFO4S/c1-14(2)20-7-8-22(26)23(15(3)4)21(20)12-18(27)13-31(29,30)19-10-16(24(5,6)28)9-17(25)11-19/h7-11,14-15,28H,12-13H2,1-6H3. The fourth-order valence-corrected chi connectivity index (χ4v) is 5.26. The Labute approximate surface area is 189 Å². The zero-order valence-corrected chi connectivity index (χ0v) is 20.4. The van der Waals surface area contributed by atoms with Gasteiger partial charge in [-0.2, -0.15) is 0 Å². The van der Waals surface area contributed by atoms with E-state index < -0.39 is 32.8 Å². The second-order valence-corrected chi connectivity index (χ2v) is 11.5. The largest absolute Gasteiger partial charge is 0.386 e. The van der Waals surface area contributed by atoms with E-state index in [1.807, 2.05) is 27.7 Å². The Balaban J connectivity index is 2.42. The Kier molecular flexibility index (Phi) is 7.72. The van der Waals surface area contributed by atoms with Crippen LogP contribution in [0.1, 0.15) is 75.6 Å². The van der Waals surface area contributed by atoms with Crippen LogP contribution >= 0.6 is 11.6 Å². The molecule has 0 saturated carbocycles. The fraction of sp³-hybridized carbons (Fsp3) is 0.458. The number of Topliss-reactive ketones (excluding diaryl/α,β-unsaturated/α-hetero) is 1. The van der Waals surface area contributed by atoms with Crippen LogP contribution in [-0.2, 0) is 26.7 Å². The molecule has 1 N–H and O–H groups in total. The minimum absolute atomic E-state index is 0.0554. The number of rotatable bonds is 8. The van der Waals surface area contributed by atoms with Crippen LogP contribution in [0.4, 0.5) is 4.39 Å². The van der Waals surface area contributed by atoms with Crippen LogP contribution in [0.2, 0.25) is 5.02 Å². The smallest absolute Gasteiger partial charge is 0.185 e. The number of benzene rings is 2. The van der Waals surface area contributed by atoms with Crippen molar-refractivity contribution in [1.82, 2.24) is 0 Å². The second kappa shape index (κ2) is 9.39. The summed E-state index contributed by atoms with van der Waals surface area (Å²) >= 11 is 6.05. The van der Waals surface area contributed by atoms with Gasteiger partial charge in [-0.25, -0.2) is 12.8 Å². The third kappa shape index (κ3) is 6.15. The maximum Gasteiger partial charge on any atom is 0.185 e. The molecule has 0 aliphatic heterocycles. The van der Waals surface area contributed by atoms with Crippen LogP contribution in [0.3, 0.4) is 0 Å². The maximum absolute atomic E-state index is 14.5. The first-order valence-corrected chi connectivity index (χ1v) is 12.3. The number of hydrogen-bond donors (Lipinski definition) is 1. The lowest BCUT2D eigenvalue weighted by Crippen LogP contribution is -2.21. The van der Waals surface area contributed by atoms with E-state index in [0.29, 0.717) is 16.7 Å². The van der Waals surface area contributed by atoms with Gasteiger partial charge in [-0.05, 0) is 72.2 Å². The summed E-state index contributed by atoms with van der Waals surface area (Å²) in [5.74, 6) is -1.75. The molecule has 0 unspecified atom stereocenters. The number of carbonyl (C=O) groups excluding carboxylic acids is 1. The summed E-state index contributed by atoms with van der Waals surface area (Å²) in [6, 6.07) is 7.14. The third-order valence-electron chi connectivity index (χ3n) is 5.20. The van der Waals surface area contributed by atoms with Crippen molar-refractivity contribution in [3.05, 3.63) is 63.4 Å². The highest BCUT2D eigenvalue weighted by Crippen LogP contribution is 2.31. The third-order valence-corrected chi connectivity index (χ3v) is 7.08. The van der Waals surface area contributed by atoms with E-state index >= 15 is 0 Å². The number of ketones is 1. The molecule has 0 amide bonds. The molecule has 2 rings (SSSR count). The first kappa shape index (κ1) is 25.5. The molecule has 0 atom stereocenters. The molecule has 0 radical (unpaired) electrons. The van der Waals surface area contributed by atoms with Gasteiger partial charge < -0.3 is 5.11 Å². The van der Waals surface area contributed by atoms with Gasteiger partial charge in [-0.3, -0.25) is 4.79 Å². The van der Waals surface area contributed by atoms with E-state index in [1.165, 1.54) is 38.1 Å². The van der Waals surface area contributed by atoms with Crippen LogP contribution in [-0.4, -0.2) is 25.1 Å². The van der Waals surface area contributed by atoms with Crippen molar-refractivity contribution in [1.29, 1.82) is 0 Å². The van der Waals surface area contributed by atoms with Gasteiger partial charge in [0.25, 0.3) is 0 Å². The molecule has 0 aliphatic rings. The lowest BCUT2D eigenvalue weighted by molar-refractivity contribution is -0.116. The lowest BCUT2D eigenvalue weighted by Gasteiger charge is -2.20. The Morgan fingerprint density at radius 2 is 1.71 bits per heavy atom. The Morgan fingerprint density at radius 3 is 2.23 bits per heavy atom. The van der Waals surface area contributed by atoms with E-state index in [-0.39, 0.29) is 28.2 Å². The van der Waals surface area contributed by atoms with Crippen molar-refractivity contribution in [2.75, 3.05) is 5.75 Å². The average molecular weight is 469 g/mol. The normalized spacial score (nSPS) is 12.6. The van der Waals surface area contributed by atoms with Crippen molar-refractivity contribution in [2.45, 2.75) is 70.3 Å². The van der Waals surface area contributed by atoms with Crippen LogP contribution in [0.15, 0.2) is 35.2 Å². The molecule has 0 heterocycles. The predicted molar refractivity (Wildman–Crippen MR) is 122 cm³/mol. The summed E-state index contributed by atoms with van der Waals surface area (Å²) in [5.41, 5.74) is 0.889. The van der Waals surface area contributed by atoms with Gasteiger partial charge in [0.05, 0.1) is 10.5 Å². The van der Waals surface area contributed by atoms with E-state index in [4.69, 9.17) is 11.6 Å². The molecule has 0 saturated heterocycles. The molecule has 31 heavy (non-hydrogen) atoms. The zero-order chi connectivity index (χ0) is 23.7. The van der Waals surface area contributed by atoms with Gasteiger partial charge in [0.1, 0.15) is 11.6 Å². The zero-order valence-electron chi connectivity index (χ0n) is 18.8. The Bertz CT molecular complexity index is 1080. The molecule has 0 spiro atoms. The SMILES string of the molecule is CC(C)c1ccc(F)c(C(C)C)c1CC(=O)CS(=O)(=O)c1cc(Cl)cc(C(C)(C)O)c1. The summed E-state index contributed by atoms with van der Waals surface area (Å²) in [7, 11) is -4.00. The van der Waals surface area contributed by atoms with Gasteiger partial charge in [-0.1, -0.05) is 45.4 Å². The first-order chi connectivity index (χ1) is 14.1. The van der Waals surface area contributed by atoms with E-state index in [1.54, 1.807) is 6.07 Å².